The molecule has 0 spiro atoms. The zero-order valence-electron chi connectivity index (χ0n) is 15.4. The number of carbonyl (C=O) groups excluding carboxylic acids is 2. The number of carbonyl (C=O) groups is 2. The molecule has 3 rings (SSSR count). The van der Waals surface area contributed by atoms with Gasteiger partial charge in [-0.15, -0.1) is 22.7 Å². The highest BCUT2D eigenvalue weighted by Crippen LogP contribution is 2.27. The molecule has 1 aromatic carbocycles. The van der Waals surface area contributed by atoms with E-state index >= 15 is 0 Å². The first-order valence-electron chi connectivity index (χ1n) is 8.56. The van der Waals surface area contributed by atoms with Gasteiger partial charge in [0.1, 0.15) is 0 Å². The quantitative estimate of drug-likeness (QED) is 0.631. The molecule has 0 saturated carbocycles. The summed E-state index contributed by atoms with van der Waals surface area (Å²) >= 11 is 2.91. The van der Waals surface area contributed by atoms with E-state index in [1.54, 1.807) is 0 Å². The summed E-state index contributed by atoms with van der Waals surface area (Å²) in [5, 5.41) is 10.1. The van der Waals surface area contributed by atoms with E-state index in [0.29, 0.717) is 5.13 Å². The molecule has 2 N–H and O–H groups in total. The maximum atomic E-state index is 12.5. The second-order valence-corrected chi connectivity index (χ2v) is 8.20. The van der Waals surface area contributed by atoms with E-state index in [2.05, 4.69) is 41.6 Å². The summed E-state index contributed by atoms with van der Waals surface area (Å²) in [6, 6.07) is 9.69. The first kappa shape index (κ1) is 19.3. The number of aryl methyl sites for hydroxylation is 2. The second-order valence-electron chi connectivity index (χ2n) is 6.36. The van der Waals surface area contributed by atoms with E-state index in [9.17, 15) is 9.59 Å². The van der Waals surface area contributed by atoms with Gasteiger partial charge in [0.05, 0.1) is 18.2 Å². The summed E-state index contributed by atoms with van der Waals surface area (Å²) in [5.41, 5.74) is 4.32. The number of amides is 2. The molecule has 0 aliphatic rings. The third-order valence-corrected chi connectivity index (χ3v) is 5.95. The van der Waals surface area contributed by atoms with Crippen LogP contribution in [0, 0.1) is 13.8 Å². The van der Waals surface area contributed by atoms with Crippen molar-refractivity contribution in [3.05, 3.63) is 57.1 Å². The zero-order chi connectivity index (χ0) is 19.4. The van der Waals surface area contributed by atoms with Gasteiger partial charge in [-0.25, -0.2) is 4.98 Å². The molecule has 1 atom stereocenters. The van der Waals surface area contributed by atoms with Crippen molar-refractivity contribution < 1.29 is 9.59 Å². The Kier molecular flexibility index (Phi) is 6.03. The molecule has 2 amide bonds. The highest BCUT2D eigenvalue weighted by molar-refractivity contribution is 7.14. The van der Waals surface area contributed by atoms with Crippen molar-refractivity contribution in [1.29, 1.82) is 0 Å². The molecule has 7 heteroatoms. The van der Waals surface area contributed by atoms with Gasteiger partial charge in [0.2, 0.25) is 11.8 Å². The van der Waals surface area contributed by atoms with Crippen LogP contribution in [0.2, 0.25) is 0 Å². The summed E-state index contributed by atoms with van der Waals surface area (Å²) in [6.07, 6.45) is 0.165. The highest BCUT2D eigenvalue weighted by atomic mass is 32.1. The Bertz CT molecular complexity index is 948. The summed E-state index contributed by atoms with van der Waals surface area (Å²) < 4.78 is 0. The summed E-state index contributed by atoms with van der Waals surface area (Å²) in [4.78, 5) is 29.4. The largest absolute Gasteiger partial charge is 0.348 e. The minimum atomic E-state index is -0.332. The van der Waals surface area contributed by atoms with Crippen molar-refractivity contribution in [2.45, 2.75) is 33.2 Å². The normalized spacial score (nSPS) is 11.8. The fourth-order valence-corrected chi connectivity index (χ4v) is 4.19. The number of anilines is 1. The molecule has 0 aliphatic heterocycles. The number of aromatic nitrogens is 1. The predicted molar refractivity (Wildman–Crippen MR) is 111 cm³/mol. The molecule has 0 radical (unpaired) electrons. The van der Waals surface area contributed by atoms with E-state index in [1.165, 1.54) is 40.7 Å². The average molecular weight is 400 g/mol. The van der Waals surface area contributed by atoms with Gasteiger partial charge in [0.15, 0.2) is 5.13 Å². The summed E-state index contributed by atoms with van der Waals surface area (Å²) in [6.45, 7) is 5.60. The fourth-order valence-electron chi connectivity index (χ4n) is 2.68. The van der Waals surface area contributed by atoms with Crippen LogP contribution in [0.25, 0.3) is 11.3 Å². The molecule has 2 heterocycles. The Morgan fingerprint density at radius 3 is 2.63 bits per heavy atom. The Labute approximate surface area is 166 Å². The Hall–Kier alpha value is -2.51. The van der Waals surface area contributed by atoms with Crippen molar-refractivity contribution in [2.24, 2.45) is 0 Å². The number of benzene rings is 1. The molecular weight excluding hydrogens is 378 g/mol. The Morgan fingerprint density at radius 2 is 1.96 bits per heavy atom. The first-order chi connectivity index (χ1) is 12.9. The average Bonchev–Trinajstić information content (AvgIpc) is 3.28. The smallest absolute Gasteiger partial charge is 0.228 e. The number of nitrogens with zero attached hydrogens (tertiary/aromatic N) is 1. The Balaban J connectivity index is 1.68. The zero-order valence-corrected chi connectivity index (χ0v) is 17.0. The third-order valence-electron chi connectivity index (χ3n) is 4.21. The maximum absolute atomic E-state index is 12.5. The molecule has 3 aromatic rings. The van der Waals surface area contributed by atoms with Gasteiger partial charge < -0.3 is 10.6 Å². The van der Waals surface area contributed by atoms with Gasteiger partial charge in [-0.1, -0.05) is 18.2 Å². The van der Waals surface area contributed by atoms with Crippen LogP contribution in [0.15, 0.2) is 41.1 Å². The van der Waals surface area contributed by atoms with Crippen molar-refractivity contribution in [3.63, 3.8) is 0 Å². The lowest BCUT2D eigenvalue weighted by Gasteiger charge is -2.15. The molecule has 0 bridgehead atoms. The summed E-state index contributed by atoms with van der Waals surface area (Å²) in [7, 11) is 0. The van der Waals surface area contributed by atoms with Crippen LogP contribution in [0.3, 0.4) is 0 Å². The Morgan fingerprint density at radius 1 is 1.15 bits per heavy atom. The topological polar surface area (TPSA) is 71.1 Å². The van der Waals surface area contributed by atoms with Crippen LogP contribution in [0.4, 0.5) is 5.13 Å². The standard InChI is InChI=1S/C20H21N3O2S2/c1-12-6-7-15(9-13(12)2)17-11-27-20(22-17)23-19(25)10-16(21-14(3)24)18-5-4-8-26-18/h4-9,11,16H,10H2,1-3H3,(H,21,24)(H,22,23,25)/t16-/m1/s1. The second kappa shape index (κ2) is 8.45. The van der Waals surface area contributed by atoms with Crippen LogP contribution in [-0.2, 0) is 9.59 Å². The highest BCUT2D eigenvalue weighted by Gasteiger charge is 2.19. The van der Waals surface area contributed by atoms with Gasteiger partial charge in [0, 0.05) is 22.7 Å². The van der Waals surface area contributed by atoms with E-state index in [-0.39, 0.29) is 24.3 Å². The number of hydrogen-bond acceptors (Lipinski definition) is 5. The molecule has 0 aliphatic carbocycles. The van der Waals surface area contributed by atoms with Crippen molar-refractivity contribution >= 4 is 39.6 Å². The maximum Gasteiger partial charge on any atom is 0.228 e. The fraction of sp³-hybridized carbons (Fsp3) is 0.250. The van der Waals surface area contributed by atoms with E-state index in [4.69, 9.17) is 0 Å². The lowest BCUT2D eigenvalue weighted by atomic mass is 10.1. The predicted octanol–water partition coefficient (Wildman–Crippen LogP) is 4.69. The number of thiazole rings is 1. The van der Waals surface area contributed by atoms with Crippen molar-refractivity contribution in [2.75, 3.05) is 5.32 Å². The van der Waals surface area contributed by atoms with Crippen LogP contribution >= 0.6 is 22.7 Å². The molecule has 5 nitrogen and oxygen atoms in total. The van der Waals surface area contributed by atoms with E-state index < -0.39 is 0 Å². The SMILES string of the molecule is CC(=O)N[C@H](CC(=O)Nc1nc(-c2ccc(C)c(C)c2)cs1)c1cccs1. The van der Waals surface area contributed by atoms with Crippen LogP contribution in [0.1, 0.15) is 35.4 Å². The molecule has 0 fully saturated rings. The number of rotatable bonds is 6. The van der Waals surface area contributed by atoms with Crippen molar-refractivity contribution in [1.82, 2.24) is 10.3 Å². The lowest BCUT2D eigenvalue weighted by Crippen LogP contribution is -2.29. The molecular formula is C20H21N3O2S2. The third kappa shape index (κ3) is 5.02. The lowest BCUT2D eigenvalue weighted by molar-refractivity contribution is -0.120. The molecule has 0 unspecified atom stereocenters. The molecule has 0 saturated heterocycles. The van der Waals surface area contributed by atoms with Crippen LogP contribution in [0.5, 0.6) is 0 Å². The monoisotopic (exact) mass is 399 g/mol. The van der Waals surface area contributed by atoms with Gasteiger partial charge in [-0.2, -0.15) is 0 Å². The van der Waals surface area contributed by atoms with Gasteiger partial charge in [0.25, 0.3) is 0 Å². The molecule has 27 heavy (non-hydrogen) atoms. The van der Waals surface area contributed by atoms with E-state index in [1.807, 2.05) is 29.0 Å². The number of thiophene rings is 1. The first-order valence-corrected chi connectivity index (χ1v) is 10.3. The van der Waals surface area contributed by atoms with Crippen molar-refractivity contribution in [3.8, 4) is 11.3 Å². The number of nitrogens with one attached hydrogen (secondary N) is 2. The van der Waals surface area contributed by atoms with Gasteiger partial charge >= 0.3 is 0 Å². The van der Waals surface area contributed by atoms with E-state index in [0.717, 1.165) is 16.1 Å². The van der Waals surface area contributed by atoms with Crippen LogP contribution < -0.4 is 10.6 Å². The molecule has 2 aromatic heterocycles. The number of hydrogen-bond donors (Lipinski definition) is 2. The minimum absolute atomic E-state index is 0.160. The minimum Gasteiger partial charge on any atom is -0.348 e. The van der Waals surface area contributed by atoms with Crippen LogP contribution in [-0.4, -0.2) is 16.8 Å². The van der Waals surface area contributed by atoms with Gasteiger partial charge in [-0.3, -0.25) is 9.59 Å². The summed E-state index contributed by atoms with van der Waals surface area (Å²) in [5.74, 6) is -0.337. The molecule has 140 valence electrons. The van der Waals surface area contributed by atoms with Gasteiger partial charge in [-0.05, 0) is 42.5 Å².